The van der Waals surface area contributed by atoms with Crippen LogP contribution in [-0.4, -0.2) is 13.1 Å². The summed E-state index contributed by atoms with van der Waals surface area (Å²) in [6.45, 7) is 0. The molecule has 3 nitrogen and oxygen atoms in total. The van der Waals surface area contributed by atoms with Gasteiger partial charge in [-0.2, -0.15) is 5.26 Å². The van der Waals surface area contributed by atoms with E-state index in [1.807, 2.05) is 6.07 Å². The Hall–Kier alpha value is -1.48. The molecule has 0 aliphatic rings. The third-order valence-corrected chi connectivity index (χ3v) is 2.78. The number of rotatable bonds is 3. The molecule has 1 aromatic carbocycles. The Morgan fingerprint density at radius 1 is 1.59 bits per heavy atom. The minimum atomic E-state index is -2.83. The van der Waals surface area contributed by atoms with Gasteiger partial charge in [-0.05, 0) is 17.7 Å². The van der Waals surface area contributed by atoms with Crippen LogP contribution in [0.4, 0.5) is 8.78 Å². The summed E-state index contributed by atoms with van der Waals surface area (Å²) in [6, 6.07) is 4.08. The van der Waals surface area contributed by atoms with Gasteiger partial charge < -0.3 is 4.74 Å². The first-order valence-corrected chi connectivity index (χ1v) is 5.66. The number of halogens is 3. The van der Waals surface area contributed by atoms with Crippen LogP contribution in [0.5, 0.6) is 0 Å². The maximum atomic E-state index is 12.7. The molecule has 0 atom stereocenters. The first-order valence-electron chi connectivity index (χ1n) is 4.54. The summed E-state index contributed by atoms with van der Waals surface area (Å²) >= 11 is 3.13. The van der Waals surface area contributed by atoms with Gasteiger partial charge in [0.25, 0.3) is 6.43 Å². The molecule has 0 spiro atoms. The van der Waals surface area contributed by atoms with Crippen molar-refractivity contribution in [1.82, 2.24) is 0 Å². The number of alkyl halides is 3. The van der Waals surface area contributed by atoms with Gasteiger partial charge in [-0.1, -0.05) is 15.9 Å². The van der Waals surface area contributed by atoms with E-state index < -0.39 is 18.0 Å². The lowest BCUT2D eigenvalue weighted by Gasteiger charge is -2.10. The van der Waals surface area contributed by atoms with Crippen LogP contribution in [-0.2, 0) is 10.1 Å². The van der Waals surface area contributed by atoms with E-state index in [4.69, 9.17) is 5.26 Å². The molecule has 0 N–H and O–H groups in total. The Morgan fingerprint density at radius 3 is 2.65 bits per heavy atom. The molecule has 90 valence electrons. The highest BCUT2D eigenvalue weighted by Crippen LogP contribution is 2.27. The highest BCUT2D eigenvalue weighted by atomic mass is 79.9. The maximum absolute atomic E-state index is 12.7. The molecule has 0 saturated heterocycles. The van der Waals surface area contributed by atoms with Gasteiger partial charge in [-0.15, -0.1) is 0 Å². The van der Waals surface area contributed by atoms with Gasteiger partial charge in [-0.25, -0.2) is 13.6 Å². The Balaban J connectivity index is 3.47. The van der Waals surface area contributed by atoms with Gasteiger partial charge in [0.1, 0.15) is 0 Å². The zero-order valence-electron chi connectivity index (χ0n) is 8.84. The summed E-state index contributed by atoms with van der Waals surface area (Å²) in [5.74, 6) is -0.841. The van der Waals surface area contributed by atoms with Crippen LogP contribution in [0.2, 0.25) is 0 Å². The van der Waals surface area contributed by atoms with Gasteiger partial charge in [0.2, 0.25) is 0 Å². The summed E-state index contributed by atoms with van der Waals surface area (Å²) in [7, 11) is 1.11. The molecule has 0 heterocycles. The first kappa shape index (κ1) is 13.6. The minimum absolute atomic E-state index is 0.116. The lowest BCUT2D eigenvalue weighted by atomic mass is 10.00. The van der Waals surface area contributed by atoms with Gasteiger partial charge in [0.05, 0.1) is 24.3 Å². The monoisotopic (exact) mass is 303 g/mol. The van der Waals surface area contributed by atoms with E-state index in [0.717, 1.165) is 13.2 Å². The number of hydrogen-bond acceptors (Lipinski definition) is 3. The SMILES string of the molecule is COC(=O)c1cc(CBr)c(C#N)cc1C(F)F. The molecule has 0 radical (unpaired) electrons. The van der Waals surface area contributed by atoms with E-state index >= 15 is 0 Å². The number of ether oxygens (including phenoxy) is 1. The molecular weight excluding hydrogens is 296 g/mol. The lowest BCUT2D eigenvalue weighted by molar-refractivity contribution is 0.0589. The molecular formula is C11H8BrF2NO2. The van der Waals surface area contributed by atoms with Crippen molar-refractivity contribution in [1.29, 1.82) is 5.26 Å². The number of carbonyl (C=O) groups is 1. The second-order valence-electron chi connectivity index (χ2n) is 3.13. The van der Waals surface area contributed by atoms with Crippen LogP contribution in [0.15, 0.2) is 12.1 Å². The predicted octanol–water partition coefficient (Wildman–Crippen LogP) is 3.18. The number of carbonyl (C=O) groups excluding carboxylic acids is 1. The molecule has 6 heteroatoms. The fourth-order valence-corrected chi connectivity index (χ4v) is 1.81. The van der Waals surface area contributed by atoms with Gasteiger partial charge in [0.15, 0.2) is 0 Å². The van der Waals surface area contributed by atoms with Crippen LogP contribution < -0.4 is 0 Å². The number of benzene rings is 1. The zero-order valence-corrected chi connectivity index (χ0v) is 10.4. The standard InChI is InChI=1S/C11H8BrF2NO2/c1-17-11(16)9-2-6(4-12)7(5-15)3-8(9)10(13)14/h2-3,10H,4H2,1H3. The van der Waals surface area contributed by atoms with Crippen molar-refractivity contribution in [3.8, 4) is 6.07 Å². The molecule has 0 bridgehead atoms. The van der Waals surface area contributed by atoms with Gasteiger partial charge in [0, 0.05) is 10.9 Å². The summed E-state index contributed by atoms with van der Waals surface area (Å²) in [5, 5.41) is 9.11. The molecule has 1 aromatic rings. The van der Waals surface area contributed by atoms with Crippen LogP contribution >= 0.6 is 15.9 Å². The van der Waals surface area contributed by atoms with Crippen molar-refractivity contribution in [2.45, 2.75) is 11.8 Å². The average molecular weight is 304 g/mol. The topological polar surface area (TPSA) is 50.1 Å². The van der Waals surface area contributed by atoms with Crippen molar-refractivity contribution in [2.24, 2.45) is 0 Å². The summed E-state index contributed by atoms with van der Waals surface area (Å²) in [5.41, 5.74) is -0.115. The first-order chi connectivity index (χ1) is 8.04. The highest BCUT2D eigenvalue weighted by Gasteiger charge is 2.21. The van der Waals surface area contributed by atoms with Gasteiger partial charge in [-0.3, -0.25) is 0 Å². The molecule has 0 unspecified atom stereocenters. The minimum Gasteiger partial charge on any atom is -0.465 e. The number of methoxy groups -OCH3 is 1. The van der Waals surface area contributed by atoms with E-state index in [-0.39, 0.29) is 11.1 Å². The lowest BCUT2D eigenvalue weighted by Crippen LogP contribution is -2.08. The number of esters is 1. The summed E-state index contributed by atoms with van der Waals surface area (Å²) in [6.07, 6.45) is -2.83. The van der Waals surface area contributed by atoms with Crippen LogP contribution in [0, 0.1) is 11.3 Å². The fraction of sp³-hybridized carbons (Fsp3) is 0.273. The Morgan fingerprint density at radius 2 is 2.24 bits per heavy atom. The van der Waals surface area contributed by atoms with E-state index in [1.54, 1.807) is 0 Å². The molecule has 1 rings (SSSR count). The largest absolute Gasteiger partial charge is 0.465 e. The van der Waals surface area contributed by atoms with Crippen molar-refractivity contribution in [2.75, 3.05) is 7.11 Å². The Labute approximate surface area is 105 Å². The Kier molecular flexibility index (Phi) is 4.58. The van der Waals surface area contributed by atoms with Crippen molar-refractivity contribution >= 4 is 21.9 Å². The van der Waals surface area contributed by atoms with Crippen LogP contribution in [0.1, 0.15) is 33.5 Å². The Bertz CT molecular complexity index is 483. The number of nitriles is 1. The molecule has 0 aliphatic carbocycles. The zero-order chi connectivity index (χ0) is 13.0. The highest BCUT2D eigenvalue weighted by molar-refractivity contribution is 9.08. The average Bonchev–Trinajstić information content (AvgIpc) is 2.35. The summed E-state index contributed by atoms with van der Waals surface area (Å²) in [4.78, 5) is 11.4. The molecule has 0 aromatic heterocycles. The second-order valence-corrected chi connectivity index (χ2v) is 3.70. The van der Waals surface area contributed by atoms with E-state index in [1.165, 1.54) is 6.07 Å². The maximum Gasteiger partial charge on any atom is 0.338 e. The molecule has 0 fully saturated rings. The summed E-state index contributed by atoms with van der Waals surface area (Å²) < 4.78 is 29.9. The normalized spacial score (nSPS) is 10.1. The molecule has 17 heavy (non-hydrogen) atoms. The van der Waals surface area contributed by atoms with Gasteiger partial charge >= 0.3 is 5.97 Å². The third kappa shape index (κ3) is 2.80. The quantitative estimate of drug-likeness (QED) is 0.636. The third-order valence-electron chi connectivity index (χ3n) is 2.18. The smallest absolute Gasteiger partial charge is 0.338 e. The second kappa shape index (κ2) is 5.73. The molecule has 0 amide bonds. The molecule has 0 saturated carbocycles. The van der Waals surface area contributed by atoms with Crippen LogP contribution in [0.25, 0.3) is 0 Å². The van der Waals surface area contributed by atoms with E-state index in [0.29, 0.717) is 10.9 Å². The fourth-order valence-electron chi connectivity index (χ4n) is 1.34. The van der Waals surface area contributed by atoms with Crippen molar-refractivity contribution < 1.29 is 18.3 Å². The van der Waals surface area contributed by atoms with Crippen molar-refractivity contribution in [3.05, 3.63) is 34.4 Å². The predicted molar refractivity (Wildman–Crippen MR) is 60.1 cm³/mol. The van der Waals surface area contributed by atoms with E-state index in [9.17, 15) is 13.6 Å². The number of hydrogen-bond donors (Lipinski definition) is 0. The van der Waals surface area contributed by atoms with Crippen molar-refractivity contribution in [3.63, 3.8) is 0 Å². The van der Waals surface area contributed by atoms with Crippen LogP contribution in [0.3, 0.4) is 0 Å². The molecule has 0 aliphatic heterocycles. The number of nitrogens with zero attached hydrogens (tertiary/aromatic N) is 1. The van der Waals surface area contributed by atoms with E-state index in [2.05, 4.69) is 20.7 Å².